The first kappa shape index (κ1) is 12.6. The summed E-state index contributed by atoms with van der Waals surface area (Å²) in [6.07, 6.45) is 1.04. The molecule has 2 N–H and O–H groups in total. The summed E-state index contributed by atoms with van der Waals surface area (Å²) in [7, 11) is 1.69. The molecule has 0 saturated heterocycles. The van der Waals surface area contributed by atoms with Gasteiger partial charge in [-0.3, -0.25) is 0 Å². The van der Waals surface area contributed by atoms with Gasteiger partial charge >= 0.3 is 0 Å². The van der Waals surface area contributed by atoms with Gasteiger partial charge in [-0.15, -0.1) is 11.8 Å². The zero-order chi connectivity index (χ0) is 13.2. The Bertz CT molecular complexity index is 559. The maximum Gasteiger partial charge on any atom is 0.119 e. The van der Waals surface area contributed by atoms with Gasteiger partial charge in [-0.05, 0) is 35.7 Å². The molecule has 3 heteroatoms. The molecule has 0 amide bonds. The molecule has 2 nitrogen and oxygen atoms in total. The number of methoxy groups -OCH3 is 1. The molecule has 0 bridgehead atoms. The number of ether oxygens (including phenoxy) is 1. The maximum atomic E-state index is 6.43. The second kappa shape index (κ2) is 5.27. The van der Waals surface area contributed by atoms with E-state index in [1.807, 2.05) is 30.0 Å². The van der Waals surface area contributed by atoms with Gasteiger partial charge < -0.3 is 10.5 Å². The summed E-state index contributed by atoms with van der Waals surface area (Å²) < 4.78 is 5.27. The van der Waals surface area contributed by atoms with Crippen molar-refractivity contribution in [3.8, 4) is 5.75 Å². The Morgan fingerprint density at radius 2 is 2.05 bits per heavy atom. The first-order chi connectivity index (χ1) is 9.28. The number of nitrogens with two attached hydrogens (primary N) is 1. The molecule has 2 aromatic carbocycles. The molecule has 0 spiro atoms. The van der Waals surface area contributed by atoms with Crippen molar-refractivity contribution < 1.29 is 4.74 Å². The van der Waals surface area contributed by atoms with Gasteiger partial charge in [-0.2, -0.15) is 0 Å². The number of hydrogen-bond acceptors (Lipinski definition) is 3. The molecular weight excluding hydrogens is 254 g/mol. The minimum Gasteiger partial charge on any atom is -0.497 e. The Morgan fingerprint density at radius 1 is 1.21 bits per heavy atom. The summed E-state index contributed by atoms with van der Waals surface area (Å²) in [4.78, 5) is 1.37. The van der Waals surface area contributed by atoms with Gasteiger partial charge in [-0.25, -0.2) is 0 Å². The number of benzene rings is 2. The lowest BCUT2D eigenvalue weighted by molar-refractivity contribution is 0.413. The number of rotatable bonds is 3. The van der Waals surface area contributed by atoms with Gasteiger partial charge in [0.2, 0.25) is 0 Å². The van der Waals surface area contributed by atoms with Crippen molar-refractivity contribution in [2.75, 3.05) is 7.11 Å². The standard InChI is InChI=1S/C16H17NOS/c1-18-13-7-4-6-12(9-13)16(17)15-10-11-5-2-3-8-14(11)19-15/h2-9,15-16H,10,17H2,1H3. The van der Waals surface area contributed by atoms with E-state index < -0.39 is 0 Å². The van der Waals surface area contributed by atoms with Crippen molar-refractivity contribution in [2.24, 2.45) is 5.73 Å². The molecule has 0 aliphatic carbocycles. The Balaban J connectivity index is 1.80. The maximum absolute atomic E-state index is 6.43. The second-order valence-electron chi connectivity index (χ2n) is 4.77. The van der Waals surface area contributed by atoms with Crippen LogP contribution in [0.5, 0.6) is 5.75 Å². The first-order valence-corrected chi connectivity index (χ1v) is 7.30. The van der Waals surface area contributed by atoms with Crippen molar-refractivity contribution in [3.63, 3.8) is 0 Å². The summed E-state index contributed by atoms with van der Waals surface area (Å²) in [5, 5.41) is 0.407. The van der Waals surface area contributed by atoms with Crippen LogP contribution in [0, 0.1) is 0 Å². The van der Waals surface area contributed by atoms with E-state index in [4.69, 9.17) is 10.5 Å². The molecule has 3 rings (SSSR count). The fourth-order valence-corrected chi connectivity index (χ4v) is 3.83. The predicted octanol–water partition coefficient (Wildman–Crippen LogP) is 3.41. The zero-order valence-corrected chi connectivity index (χ0v) is 11.7. The SMILES string of the molecule is COc1cccc(C(N)C2Cc3ccccc3S2)c1. The monoisotopic (exact) mass is 271 g/mol. The Morgan fingerprint density at radius 3 is 2.84 bits per heavy atom. The normalized spacial score (nSPS) is 18.9. The highest BCUT2D eigenvalue weighted by atomic mass is 32.2. The molecule has 1 heterocycles. The molecule has 1 aliphatic heterocycles. The largest absolute Gasteiger partial charge is 0.497 e. The summed E-state index contributed by atoms with van der Waals surface area (Å²) >= 11 is 1.89. The number of hydrogen-bond donors (Lipinski definition) is 1. The van der Waals surface area contributed by atoms with Gasteiger partial charge in [0, 0.05) is 16.2 Å². The summed E-state index contributed by atoms with van der Waals surface area (Å²) in [6, 6.07) is 16.7. The van der Waals surface area contributed by atoms with Crippen LogP contribution in [0.4, 0.5) is 0 Å². The van der Waals surface area contributed by atoms with E-state index in [0.717, 1.165) is 17.7 Å². The summed E-state index contributed by atoms with van der Waals surface area (Å²) in [6.45, 7) is 0. The van der Waals surface area contributed by atoms with E-state index in [0.29, 0.717) is 5.25 Å². The fraction of sp³-hybridized carbons (Fsp3) is 0.250. The van der Waals surface area contributed by atoms with Crippen molar-refractivity contribution >= 4 is 11.8 Å². The van der Waals surface area contributed by atoms with Crippen LogP contribution in [-0.2, 0) is 6.42 Å². The average molecular weight is 271 g/mol. The highest BCUT2D eigenvalue weighted by Crippen LogP contribution is 2.41. The highest BCUT2D eigenvalue weighted by Gasteiger charge is 2.28. The third-order valence-corrected chi connectivity index (χ3v) is 4.97. The topological polar surface area (TPSA) is 35.2 Å². The van der Waals surface area contributed by atoms with Crippen LogP contribution in [0.3, 0.4) is 0 Å². The van der Waals surface area contributed by atoms with Gasteiger partial charge in [0.25, 0.3) is 0 Å². The van der Waals surface area contributed by atoms with Gasteiger partial charge in [-0.1, -0.05) is 30.3 Å². The van der Waals surface area contributed by atoms with Crippen molar-refractivity contribution in [3.05, 3.63) is 59.7 Å². The molecule has 19 heavy (non-hydrogen) atoms. The lowest BCUT2D eigenvalue weighted by Crippen LogP contribution is -2.23. The van der Waals surface area contributed by atoms with E-state index >= 15 is 0 Å². The van der Waals surface area contributed by atoms with Crippen molar-refractivity contribution in [1.82, 2.24) is 0 Å². The minimum atomic E-state index is 0.0347. The smallest absolute Gasteiger partial charge is 0.119 e. The Labute approximate surface area is 118 Å². The Hall–Kier alpha value is -1.45. The van der Waals surface area contributed by atoms with E-state index in [1.54, 1.807) is 7.11 Å². The number of fused-ring (bicyclic) bond motifs is 1. The van der Waals surface area contributed by atoms with E-state index in [1.165, 1.54) is 10.5 Å². The third-order valence-electron chi connectivity index (χ3n) is 3.55. The molecule has 0 aromatic heterocycles. The van der Waals surface area contributed by atoms with Crippen LogP contribution in [0.1, 0.15) is 17.2 Å². The van der Waals surface area contributed by atoms with Crippen LogP contribution in [0.15, 0.2) is 53.4 Å². The lowest BCUT2D eigenvalue weighted by Gasteiger charge is -2.19. The average Bonchev–Trinajstić information content (AvgIpc) is 2.90. The van der Waals surface area contributed by atoms with E-state index in [9.17, 15) is 0 Å². The fourth-order valence-electron chi connectivity index (χ4n) is 2.47. The van der Waals surface area contributed by atoms with Crippen LogP contribution in [-0.4, -0.2) is 12.4 Å². The van der Waals surface area contributed by atoms with Crippen LogP contribution in [0.2, 0.25) is 0 Å². The summed E-state index contributed by atoms with van der Waals surface area (Å²) in [5.41, 5.74) is 8.98. The highest BCUT2D eigenvalue weighted by molar-refractivity contribution is 8.00. The molecule has 0 saturated carbocycles. The van der Waals surface area contributed by atoms with Crippen molar-refractivity contribution in [2.45, 2.75) is 22.6 Å². The van der Waals surface area contributed by atoms with E-state index in [2.05, 4.69) is 30.3 Å². The lowest BCUT2D eigenvalue weighted by atomic mass is 9.99. The molecular formula is C16H17NOS. The Kier molecular flexibility index (Phi) is 3.49. The first-order valence-electron chi connectivity index (χ1n) is 6.42. The zero-order valence-electron chi connectivity index (χ0n) is 10.9. The predicted molar refractivity (Wildman–Crippen MR) is 79.7 cm³/mol. The molecule has 0 radical (unpaired) electrons. The molecule has 2 atom stereocenters. The van der Waals surface area contributed by atoms with Gasteiger partial charge in [0.1, 0.15) is 5.75 Å². The molecule has 2 aromatic rings. The van der Waals surface area contributed by atoms with Crippen LogP contribution >= 0.6 is 11.8 Å². The third kappa shape index (κ3) is 2.48. The van der Waals surface area contributed by atoms with Gasteiger partial charge in [0.05, 0.1) is 7.11 Å². The molecule has 0 fully saturated rings. The quantitative estimate of drug-likeness (QED) is 0.929. The summed E-state index contributed by atoms with van der Waals surface area (Å²) in [5.74, 6) is 0.869. The van der Waals surface area contributed by atoms with E-state index in [-0.39, 0.29) is 6.04 Å². The second-order valence-corrected chi connectivity index (χ2v) is 6.05. The molecule has 1 aliphatic rings. The van der Waals surface area contributed by atoms with Crippen molar-refractivity contribution in [1.29, 1.82) is 0 Å². The van der Waals surface area contributed by atoms with Crippen LogP contribution < -0.4 is 10.5 Å². The molecule has 98 valence electrons. The van der Waals surface area contributed by atoms with Crippen LogP contribution in [0.25, 0.3) is 0 Å². The van der Waals surface area contributed by atoms with Gasteiger partial charge in [0.15, 0.2) is 0 Å². The number of thioether (sulfide) groups is 1. The molecule has 2 unspecified atom stereocenters. The minimum absolute atomic E-state index is 0.0347.